The number of nitrogens with zero attached hydrogens (tertiary/aromatic N) is 2. The largest absolute Gasteiger partial charge is 0.381 e. The van der Waals surface area contributed by atoms with Crippen molar-refractivity contribution in [2.45, 2.75) is 30.5 Å². The molecular weight excluding hydrogens is 248 g/mol. The fourth-order valence-electron chi connectivity index (χ4n) is 1.45. The molecule has 78 valence electrons. The molecule has 0 N–H and O–H groups in total. The normalized spacial score (nSPS) is 24.0. The van der Waals surface area contributed by atoms with Crippen LogP contribution in [0.5, 0.6) is 0 Å². The average Bonchev–Trinajstić information content (AvgIpc) is 2.86. The molecule has 2 rings (SSSR count). The van der Waals surface area contributed by atoms with Crippen molar-refractivity contribution in [3.63, 3.8) is 0 Å². The van der Waals surface area contributed by atoms with Crippen LogP contribution in [-0.4, -0.2) is 23.4 Å². The molecule has 0 bridgehead atoms. The lowest BCUT2D eigenvalue weighted by molar-refractivity contribution is 0.192. The lowest BCUT2D eigenvalue weighted by Gasteiger charge is -1.99. The molecule has 1 aliphatic heterocycles. The van der Waals surface area contributed by atoms with E-state index in [0.717, 1.165) is 31.9 Å². The molecule has 2 heterocycles. The van der Waals surface area contributed by atoms with Gasteiger partial charge in [-0.15, -0.1) is 0 Å². The van der Waals surface area contributed by atoms with Crippen LogP contribution in [0.25, 0.3) is 0 Å². The monoisotopic (exact) mass is 260 g/mol. The second-order valence-electron chi connectivity index (χ2n) is 3.43. The fourth-order valence-corrected chi connectivity index (χ4v) is 1.64. The molecule has 2 atom stereocenters. The molecule has 0 radical (unpaired) electrons. The summed E-state index contributed by atoms with van der Waals surface area (Å²) in [6.07, 6.45) is 1.95. The summed E-state index contributed by atoms with van der Waals surface area (Å²) < 4.78 is 10.4. The van der Waals surface area contributed by atoms with E-state index in [1.807, 2.05) is 0 Å². The Balaban J connectivity index is 2.08. The Morgan fingerprint density at radius 1 is 1.64 bits per heavy atom. The van der Waals surface area contributed by atoms with Crippen molar-refractivity contribution in [2.24, 2.45) is 0 Å². The molecule has 4 nitrogen and oxygen atoms in total. The van der Waals surface area contributed by atoms with Crippen LogP contribution in [0.3, 0.4) is 0 Å². The Labute approximate surface area is 91.1 Å². The van der Waals surface area contributed by atoms with Gasteiger partial charge in [0.1, 0.15) is 0 Å². The first-order valence-corrected chi connectivity index (χ1v) is 5.78. The van der Waals surface area contributed by atoms with Gasteiger partial charge in [-0.3, -0.25) is 0 Å². The van der Waals surface area contributed by atoms with Gasteiger partial charge in [-0.25, -0.2) is 0 Å². The Bertz CT molecular complexity index is 297. The Morgan fingerprint density at radius 3 is 3.14 bits per heavy atom. The number of halogens is 1. The van der Waals surface area contributed by atoms with Crippen LogP contribution < -0.4 is 0 Å². The lowest BCUT2D eigenvalue weighted by Crippen LogP contribution is -2.00. The van der Waals surface area contributed by atoms with Crippen LogP contribution >= 0.6 is 15.9 Å². The number of aromatic nitrogens is 2. The van der Waals surface area contributed by atoms with Gasteiger partial charge in [-0.1, -0.05) is 28.0 Å². The van der Waals surface area contributed by atoms with Gasteiger partial charge >= 0.3 is 0 Å². The SMILES string of the molecule is CCC(Br)c1nc(C2CCOC2)no1. The van der Waals surface area contributed by atoms with Gasteiger partial charge < -0.3 is 9.26 Å². The Kier molecular flexibility index (Phi) is 3.18. The van der Waals surface area contributed by atoms with Gasteiger partial charge in [0.15, 0.2) is 5.82 Å². The minimum Gasteiger partial charge on any atom is -0.381 e. The Morgan fingerprint density at radius 2 is 2.50 bits per heavy atom. The molecule has 1 aliphatic rings. The van der Waals surface area contributed by atoms with Crippen molar-refractivity contribution >= 4 is 15.9 Å². The van der Waals surface area contributed by atoms with Gasteiger partial charge in [-0.2, -0.15) is 4.98 Å². The van der Waals surface area contributed by atoms with E-state index in [1.165, 1.54) is 0 Å². The predicted octanol–water partition coefficient (Wildman–Crippen LogP) is 2.42. The van der Waals surface area contributed by atoms with Crippen molar-refractivity contribution < 1.29 is 9.26 Å². The van der Waals surface area contributed by atoms with Crippen LogP contribution in [-0.2, 0) is 4.74 Å². The van der Waals surface area contributed by atoms with E-state index >= 15 is 0 Å². The zero-order chi connectivity index (χ0) is 9.97. The number of hydrogen-bond donors (Lipinski definition) is 0. The van der Waals surface area contributed by atoms with E-state index in [4.69, 9.17) is 9.26 Å². The standard InChI is InChI=1S/C9H13BrN2O2/c1-2-7(10)9-11-8(12-14-9)6-3-4-13-5-6/h6-7H,2-5H2,1H3. The highest BCUT2D eigenvalue weighted by Gasteiger charge is 2.24. The molecule has 1 saturated heterocycles. The molecule has 0 amide bonds. The lowest BCUT2D eigenvalue weighted by atomic mass is 10.1. The maximum absolute atomic E-state index is 5.27. The molecule has 0 aromatic carbocycles. The zero-order valence-electron chi connectivity index (χ0n) is 8.07. The molecule has 0 aliphatic carbocycles. The number of hydrogen-bond acceptors (Lipinski definition) is 4. The fraction of sp³-hybridized carbons (Fsp3) is 0.778. The highest BCUT2D eigenvalue weighted by atomic mass is 79.9. The highest BCUT2D eigenvalue weighted by molar-refractivity contribution is 9.09. The first-order chi connectivity index (χ1) is 6.81. The Hall–Kier alpha value is -0.420. The zero-order valence-corrected chi connectivity index (χ0v) is 9.66. The van der Waals surface area contributed by atoms with Gasteiger partial charge in [0.05, 0.1) is 11.4 Å². The van der Waals surface area contributed by atoms with Gasteiger partial charge in [-0.05, 0) is 12.8 Å². The van der Waals surface area contributed by atoms with Crippen LogP contribution in [0.15, 0.2) is 4.52 Å². The molecular formula is C9H13BrN2O2. The van der Waals surface area contributed by atoms with Crippen molar-refractivity contribution in [2.75, 3.05) is 13.2 Å². The second kappa shape index (κ2) is 4.40. The van der Waals surface area contributed by atoms with Crippen molar-refractivity contribution in [1.82, 2.24) is 10.1 Å². The van der Waals surface area contributed by atoms with Crippen LogP contribution in [0.4, 0.5) is 0 Å². The first kappa shape index (κ1) is 10.1. The average molecular weight is 261 g/mol. The summed E-state index contributed by atoms with van der Waals surface area (Å²) in [5.74, 6) is 1.79. The quantitative estimate of drug-likeness (QED) is 0.784. The number of ether oxygens (including phenoxy) is 1. The number of alkyl halides is 1. The van der Waals surface area contributed by atoms with E-state index in [0.29, 0.717) is 11.8 Å². The third kappa shape index (κ3) is 1.98. The van der Waals surface area contributed by atoms with Crippen molar-refractivity contribution in [3.8, 4) is 0 Å². The van der Waals surface area contributed by atoms with E-state index in [9.17, 15) is 0 Å². The second-order valence-corrected chi connectivity index (χ2v) is 4.53. The molecule has 0 saturated carbocycles. The van der Waals surface area contributed by atoms with E-state index in [1.54, 1.807) is 0 Å². The summed E-state index contributed by atoms with van der Waals surface area (Å²) in [6.45, 7) is 3.60. The summed E-state index contributed by atoms with van der Waals surface area (Å²) in [5, 5.41) is 3.97. The summed E-state index contributed by atoms with van der Waals surface area (Å²) in [5.41, 5.74) is 0. The summed E-state index contributed by atoms with van der Waals surface area (Å²) in [6, 6.07) is 0. The van der Waals surface area contributed by atoms with Crippen LogP contribution in [0.1, 0.15) is 42.2 Å². The molecule has 1 aromatic heterocycles. The van der Waals surface area contributed by atoms with Crippen molar-refractivity contribution in [3.05, 3.63) is 11.7 Å². The molecule has 2 unspecified atom stereocenters. The van der Waals surface area contributed by atoms with E-state index in [-0.39, 0.29) is 4.83 Å². The summed E-state index contributed by atoms with van der Waals surface area (Å²) in [4.78, 5) is 4.53. The van der Waals surface area contributed by atoms with Gasteiger partial charge in [0, 0.05) is 12.5 Å². The van der Waals surface area contributed by atoms with Crippen LogP contribution in [0, 0.1) is 0 Å². The van der Waals surface area contributed by atoms with E-state index in [2.05, 4.69) is 33.0 Å². The highest BCUT2D eigenvalue weighted by Crippen LogP contribution is 2.28. The molecule has 14 heavy (non-hydrogen) atoms. The van der Waals surface area contributed by atoms with Crippen LogP contribution in [0.2, 0.25) is 0 Å². The maximum atomic E-state index is 5.27. The number of rotatable bonds is 3. The minimum absolute atomic E-state index is 0.172. The maximum Gasteiger partial charge on any atom is 0.240 e. The first-order valence-electron chi connectivity index (χ1n) is 4.86. The topological polar surface area (TPSA) is 48.2 Å². The molecule has 5 heteroatoms. The molecule has 1 fully saturated rings. The van der Waals surface area contributed by atoms with Gasteiger partial charge in [0.25, 0.3) is 0 Å². The van der Waals surface area contributed by atoms with Gasteiger partial charge in [0.2, 0.25) is 5.89 Å². The predicted molar refractivity (Wildman–Crippen MR) is 54.4 cm³/mol. The summed E-state index contributed by atoms with van der Waals surface area (Å²) >= 11 is 3.48. The smallest absolute Gasteiger partial charge is 0.240 e. The third-order valence-corrected chi connectivity index (χ3v) is 3.42. The van der Waals surface area contributed by atoms with Crippen molar-refractivity contribution in [1.29, 1.82) is 0 Å². The third-order valence-electron chi connectivity index (χ3n) is 2.38. The molecule has 1 aromatic rings. The molecule has 0 spiro atoms. The minimum atomic E-state index is 0.172. The summed E-state index contributed by atoms with van der Waals surface area (Å²) in [7, 11) is 0. The van der Waals surface area contributed by atoms with E-state index < -0.39 is 0 Å².